The summed E-state index contributed by atoms with van der Waals surface area (Å²) in [6.45, 7) is 1.17. The summed E-state index contributed by atoms with van der Waals surface area (Å²) in [6.07, 6.45) is -0.0892. The number of methoxy groups -OCH3 is 1. The van der Waals surface area contributed by atoms with Crippen molar-refractivity contribution in [1.29, 1.82) is 0 Å². The Labute approximate surface area is 146 Å². The monoisotopic (exact) mass is 367 g/mol. The fraction of sp³-hybridized carbons (Fsp3) is 0.294. The van der Waals surface area contributed by atoms with Crippen LogP contribution >= 0.6 is 11.6 Å². The van der Waals surface area contributed by atoms with E-state index in [9.17, 15) is 8.42 Å². The average Bonchev–Trinajstić information content (AvgIpc) is 2.54. The van der Waals surface area contributed by atoms with Gasteiger partial charge >= 0.3 is 0 Å². The smallest absolute Gasteiger partial charge is 0.243 e. The number of hydrogen-bond acceptors (Lipinski definition) is 4. The Kier molecular flexibility index (Phi) is 5.10. The lowest BCUT2D eigenvalue weighted by Gasteiger charge is -2.37. The van der Waals surface area contributed by atoms with Gasteiger partial charge in [-0.25, -0.2) is 8.42 Å². The summed E-state index contributed by atoms with van der Waals surface area (Å²) in [7, 11) is -2.07. The van der Waals surface area contributed by atoms with E-state index in [2.05, 4.69) is 0 Å². The third-order valence-electron chi connectivity index (χ3n) is 3.90. The molecule has 0 radical (unpaired) electrons. The molecule has 0 bridgehead atoms. The molecule has 2 aromatic carbocycles. The van der Waals surface area contributed by atoms with Crippen LogP contribution in [0.1, 0.15) is 5.56 Å². The van der Waals surface area contributed by atoms with Gasteiger partial charge in [0.1, 0.15) is 5.75 Å². The van der Waals surface area contributed by atoms with Gasteiger partial charge in [-0.05, 0) is 23.8 Å². The molecule has 0 unspecified atom stereocenters. The number of ether oxygens (including phenoxy) is 2. The predicted octanol–water partition coefficient (Wildman–Crippen LogP) is 2.94. The highest BCUT2D eigenvalue weighted by molar-refractivity contribution is 7.89. The van der Waals surface area contributed by atoms with Crippen LogP contribution < -0.4 is 4.74 Å². The molecule has 0 spiro atoms. The molecule has 5 nitrogen and oxygen atoms in total. The second-order valence-corrected chi connectivity index (χ2v) is 7.88. The first-order valence-electron chi connectivity index (χ1n) is 7.50. The Morgan fingerprint density at radius 2 is 1.88 bits per heavy atom. The van der Waals surface area contributed by atoms with Crippen molar-refractivity contribution in [3.8, 4) is 5.75 Å². The summed E-state index contributed by atoms with van der Waals surface area (Å²) in [6, 6.07) is 14.3. The van der Waals surface area contributed by atoms with Gasteiger partial charge in [0.25, 0.3) is 0 Å². The van der Waals surface area contributed by atoms with Crippen molar-refractivity contribution in [3.63, 3.8) is 0 Å². The van der Waals surface area contributed by atoms with Crippen LogP contribution in [0.15, 0.2) is 53.4 Å². The van der Waals surface area contributed by atoms with Crippen LogP contribution in [0.4, 0.5) is 0 Å². The maximum absolute atomic E-state index is 12.6. The second kappa shape index (κ2) is 7.11. The van der Waals surface area contributed by atoms with Crippen molar-refractivity contribution < 1.29 is 17.9 Å². The highest BCUT2D eigenvalue weighted by Gasteiger charge is 2.37. The van der Waals surface area contributed by atoms with Gasteiger partial charge in [-0.2, -0.15) is 4.31 Å². The molecule has 24 heavy (non-hydrogen) atoms. The third kappa shape index (κ3) is 3.57. The van der Waals surface area contributed by atoms with Gasteiger partial charge in [-0.1, -0.05) is 41.9 Å². The van der Waals surface area contributed by atoms with E-state index in [1.807, 2.05) is 30.3 Å². The van der Waals surface area contributed by atoms with Crippen molar-refractivity contribution in [3.05, 3.63) is 59.1 Å². The van der Waals surface area contributed by atoms with Crippen LogP contribution in [-0.4, -0.2) is 39.0 Å². The van der Waals surface area contributed by atoms with Crippen LogP contribution in [0.2, 0.25) is 5.02 Å². The van der Waals surface area contributed by atoms with Crippen molar-refractivity contribution >= 4 is 21.6 Å². The zero-order valence-electron chi connectivity index (χ0n) is 13.2. The summed E-state index contributed by atoms with van der Waals surface area (Å²) in [5.74, 6) is 0.447. The van der Waals surface area contributed by atoms with Gasteiger partial charge in [-0.3, -0.25) is 0 Å². The molecule has 3 rings (SSSR count). The molecule has 2 aromatic rings. The SMILES string of the molecule is COc1ccc(S(=O)(=O)N2CC(OCc3ccccc3)C2)cc1Cl. The number of benzene rings is 2. The van der Waals surface area contributed by atoms with Crippen LogP contribution in [0.25, 0.3) is 0 Å². The van der Waals surface area contributed by atoms with E-state index in [0.717, 1.165) is 5.56 Å². The number of rotatable bonds is 6. The summed E-state index contributed by atoms with van der Waals surface area (Å²) in [5.41, 5.74) is 1.07. The molecule has 128 valence electrons. The van der Waals surface area contributed by atoms with E-state index in [0.29, 0.717) is 25.4 Å². The van der Waals surface area contributed by atoms with Crippen molar-refractivity contribution in [2.45, 2.75) is 17.6 Å². The van der Waals surface area contributed by atoms with E-state index >= 15 is 0 Å². The quantitative estimate of drug-likeness (QED) is 0.787. The maximum Gasteiger partial charge on any atom is 0.243 e. The molecule has 0 aliphatic carbocycles. The lowest BCUT2D eigenvalue weighted by atomic mass is 10.2. The van der Waals surface area contributed by atoms with Crippen LogP contribution in [0.3, 0.4) is 0 Å². The average molecular weight is 368 g/mol. The molecular formula is C17H18ClNO4S. The Bertz CT molecular complexity index is 805. The Balaban J connectivity index is 1.59. The van der Waals surface area contributed by atoms with E-state index < -0.39 is 10.0 Å². The topological polar surface area (TPSA) is 55.8 Å². The van der Waals surface area contributed by atoms with E-state index in [4.69, 9.17) is 21.1 Å². The first-order chi connectivity index (χ1) is 11.5. The minimum absolute atomic E-state index is 0.0892. The second-order valence-electron chi connectivity index (χ2n) is 5.54. The number of nitrogens with zero attached hydrogens (tertiary/aromatic N) is 1. The summed E-state index contributed by atoms with van der Waals surface area (Å²) in [5, 5.41) is 0.274. The first-order valence-corrected chi connectivity index (χ1v) is 9.32. The van der Waals surface area contributed by atoms with E-state index in [1.165, 1.54) is 23.5 Å². The first kappa shape index (κ1) is 17.2. The fourth-order valence-electron chi connectivity index (χ4n) is 2.45. The Morgan fingerprint density at radius 3 is 2.50 bits per heavy atom. The lowest BCUT2D eigenvalue weighted by molar-refractivity contribution is -0.0295. The summed E-state index contributed by atoms with van der Waals surface area (Å²) >= 11 is 6.02. The standard InChI is InChI=1S/C17H18ClNO4S/c1-22-17-8-7-15(9-16(17)18)24(20,21)19-10-14(11-19)23-12-13-5-3-2-4-6-13/h2-9,14H,10-12H2,1H3. The molecule has 1 aliphatic rings. The Hall–Kier alpha value is -1.60. The van der Waals surface area contributed by atoms with Gasteiger partial charge in [0.2, 0.25) is 10.0 Å². The molecule has 0 N–H and O–H groups in total. The fourth-order valence-corrected chi connectivity index (χ4v) is 4.30. The molecule has 0 amide bonds. The van der Waals surface area contributed by atoms with E-state index in [1.54, 1.807) is 6.07 Å². The van der Waals surface area contributed by atoms with Crippen LogP contribution in [0, 0.1) is 0 Å². The molecule has 1 aliphatic heterocycles. The minimum Gasteiger partial charge on any atom is -0.495 e. The van der Waals surface area contributed by atoms with Gasteiger partial charge in [0.15, 0.2) is 0 Å². The summed E-state index contributed by atoms with van der Waals surface area (Å²) < 4.78 is 37.3. The predicted molar refractivity (Wildman–Crippen MR) is 91.8 cm³/mol. The largest absolute Gasteiger partial charge is 0.495 e. The molecule has 1 saturated heterocycles. The van der Waals surface area contributed by atoms with Gasteiger partial charge < -0.3 is 9.47 Å². The molecule has 7 heteroatoms. The zero-order chi connectivity index (χ0) is 17.2. The third-order valence-corrected chi connectivity index (χ3v) is 6.03. The molecule has 1 fully saturated rings. The van der Waals surface area contributed by atoms with Gasteiger partial charge in [0.05, 0.1) is 29.7 Å². The van der Waals surface area contributed by atoms with Crippen molar-refractivity contribution in [2.24, 2.45) is 0 Å². The molecule has 0 aromatic heterocycles. The van der Waals surface area contributed by atoms with Crippen LogP contribution in [-0.2, 0) is 21.4 Å². The molecule has 0 saturated carbocycles. The minimum atomic E-state index is -3.55. The van der Waals surface area contributed by atoms with Crippen molar-refractivity contribution in [2.75, 3.05) is 20.2 Å². The van der Waals surface area contributed by atoms with Gasteiger partial charge in [0, 0.05) is 13.1 Å². The molecule has 1 heterocycles. The highest BCUT2D eigenvalue weighted by atomic mass is 35.5. The normalized spacial score (nSPS) is 15.9. The molecular weight excluding hydrogens is 350 g/mol. The maximum atomic E-state index is 12.6. The number of sulfonamides is 1. The lowest BCUT2D eigenvalue weighted by Crippen LogP contribution is -2.54. The van der Waals surface area contributed by atoms with Crippen LogP contribution in [0.5, 0.6) is 5.75 Å². The summed E-state index contributed by atoms with van der Waals surface area (Å²) in [4.78, 5) is 0.162. The van der Waals surface area contributed by atoms with Crippen molar-refractivity contribution in [1.82, 2.24) is 4.31 Å². The number of hydrogen-bond donors (Lipinski definition) is 0. The number of halogens is 1. The highest BCUT2D eigenvalue weighted by Crippen LogP contribution is 2.30. The van der Waals surface area contributed by atoms with E-state index in [-0.39, 0.29) is 16.0 Å². The molecule has 0 atom stereocenters. The van der Waals surface area contributed by atoms with Gasteiger partial charge in [-0.15, -0.1) is 0 Å². The zero-order valence-corrected chi connectivity index (χ0v) is 14.8. The Morgan fingerprint density at radius 1 is 1.17 bits per heavy atom.